The van der Waals surface area contributed by atoms with Crippen molar-refractivity contribution in [2.24, 2.45) is 11.1 Å². The molecule has 138 valence electrons. The van der Waals surface area contributed by atoms with Gasteiger partial charge in [-0.25, -0.2) is 9.18 Å². The molecule has 2 rings (SSSR count). The number of ether oxygens (including phenoxy) is 2. The minimum Gasteiger partial charge on any atom is -0.494 e. The van der Waals surface area contributed by atoms with Crippen molar-refractivity contribution in [3.05, 3.63) is 29.6 Å². The van der Waals surface area contributed by atoms with Crippen LogP contribution < -0.4 is 4.74 Å². The van der Waals surface area contributed by atoms with Gasteiger partial charge in [-0.15, -0.1) is 0 Å². The van der Waals surface area contributed by atoms with Gasteiger partial charge in [0.1, 0.15) is 5.60 Å². The standard InChI is InChI=1S/C18H25FN2O4/c1-18(2,3)25-17(22)21-10-8-12(9-11-21)16(20-23)13-6-5-7-14(24-4)15(13)19/h5-7,12,23H,8-11H2,1-4H3/b20-16+. The first-order chi connectivity index (χ1) is 11.8. The van der Waals surface area contributed by atoms with E-state index in [-0.39, 0.29) is 29.0 Å². The summed E-state index contributed by atoms with van der Waals surface area (Å²) in [5.41, 5.74) is -0.0483. The predicted octanol–water partition coefficient (Wildman–Crippen LogP) is 3.66. The van der Waals surface area contributed by atoms with Crippen LogP contribution in [0.5, 0.6) is 5.75 Å². The molecule has 1 aromatic rings. The number of nitrogens with zero attached hydrogens (tertiary/aromatic N) is 2. The second-order valence-electron chi connectivity index (χ2n) is 7.05. The van der Waals surface area contributed by atoms with Gasteiger partial charge in [-0.05, 0) is 45.7 Å². The van der Waals surface area contributed by atoms with Crippen molar-refractivity contribution in [2.45, 2.75) is 39.2 Å². The van der Waals surface area contributed by atoms with Crippen LogP contribution in [-0.4, -0.2) is 47.7 Å². The summed E-state index contributed by atoms with van der Waals surface area (Å²) in [5, 5.41) is 12.8. The maximum Gasteiger partial charge on any atom is 0.410 e. The molecule has 1 saturated heterocycles. The number of halogens is 1. The number of hydrogen-bond acceptors (Lipinski definition) is 5. The summed E-state index contributed by atoms with van der Waals surface area (Å²) in [7, 11) is 1.39. The molecule has 1 fully saturated rings. The zero-order valence-corrected chi connectivity index (χ0v) is 15.1. The van der Waals surface area contributed by atoms with Gasteiger partial charge in [-0.2, -0.15) is 0 Å². The van der Waals surface area contributed by atoms with Gasteiger partial charge in [0.15, 0.2) is 11.6 Å². The third-order valence-electron chi connectivity index (χ3n) is 4.10. The van der Waals surface area contributed by atoms with E-state index in [0.717, 1.165) is 0 Å². The molecule has 0 saturated carbocycles. The molecule has 0 radical (unpaired) electrons. The number of hydrogen-bond donors (Lipinski definition) is 1. The minimum atomic E-state index is -0.549. The van der Waals surface area contributed by atoms with Crippen LogP contribution in [0.15, 0.2) is 23.4 Å². The molecule has 0 atom stereocenters. The molecule has 1 aromatic carbocycles. The molecule has 1 amide bonds. The normalized spacial score (nSPS) is 16.7. The Morgan fingerprint density at radius 3 is 2.48 bits per heavy atom. The number of oxime groups is 1. The molecule has 25 heavy (non-hydrogen) atoms. The number of rotatable bonds is 3. The fourth-order valence-electron chi connectivity index (χ4n) is 2.88. The maximum absolute atomic E-state index is 14.5. The van der Waals surface area contributed by atoms with Crippen LogP contribution in [0.25, 0.3) is 0 Å². The van der Waals surface area contributed by atoms with Crippen molar-refractivity contribution in [2.75, 3.05) is 20.2 Å². The first-order valence-corrected chi connectivity index (χ1v) is 8.29. The fraction of sp³-hybridized carbons (Fsp3) is 0.556. The van der Waals surface area contributed by atoms with E-state index in [9.17, 15) is 14.4 Å². The number of benzene rings is 1. The molecule has 1 aliphatic rings. The summed E-state index contributed by atoms with van der Waals surface area (Å²) in [6.07, 6.45) is 0.769. The van der Waals surface area contributed by atoms with Crippen molar-refractivity contribution in [3.63, 3.8) is 0 Å². The van der Waals surface area contributed by atoms with Crippen molar-refractivity contribution >= 4 is 11.8 Å². The van der Waals surface area contributed by atoms with Gasteiger partial charge in [-0.1, -0.05) is 11.2 Å². The zero-order chi connectivity index (χ0) is 18.6. The lowest BCUT2D eigenvalue weighted by molar-refractivity contribution is 0.0201. The lowest BCUT2D eigenvalue weighted by atomic mass is 9.88. The van der Waals surface area contributed by atoms with Gasteiger partial charge in [-0.3, -0.25) is 0 Å². The number of amides is 1. The number of likely N-dealkylation sites (tertiary alicyclic amines) is 1. The Kier molecular flexibility index (Phi) is 5.87. The molecule has 0 bridgehead atoms. The topological polar surface area (TPSA) is 71.4 Å². The van der Waals surface area contributed by atoms with E-state index in [4.69, 9.17) is 9.47 Å². The first kappa shape index (κ1) is 19.0. The second-order valence-corrected chi connectivity index (χ2v) is 7.05. The highest BCUT2D eigenvalue weighted by molar-refractivity contribution is 6.02. The minimum absolute atomic E-state index is 0.102. The van der Waals surface area contributed by atoms with E-state index in [1.54, 1.807) is 17.0 Å². The summed E-state index contributed by atoms with van der Waals surface area (Å²) in [5.74, 6) is -0.595. The van der Waals surface area contributed by atoms with E-state index < -0.39 is 11.4 Å². The molecule has 1 heterocycles. The first-order valence-electron chi connectivity index (χ1n) is 8.29. The third kappa shape index (κ3) is 4.61. The molecule has 0 unspecified atom stereocenters. The second kappa shape index (κ2) is 7.72. The van der Waals surface area contributed by atoms with Gasteiger partial charge in [0.05, 0.1) is 12.8 Å². The highest BCUT2D eigenvalue weighted by Gasteiger charge is 2.31. The van der Waals surface area contributed by atoms with Crippen molar-refractivity contribution in [1.82, 2.24) is 4.90 Å². The summed E-state index contributed by atoms with van der Waals surface area (Å²) in [4.78, 5) is 13.7. The molecule has 0 aliphatic carbocycles. The maximum atomic E-state index is 14.5. The van der Waals surface area contributed by atoms with E-state index in [1.807, 2.05) is 20.8 Å². The van der Waals surface area contributed by atoms with Crippen LogP contribution in [0.3, 0.4) is 0 Å². The summed E-state index contributed by atoms with van der Waals surface area (Å²) in [6.45, 7) is 6.38. The van der Waals surface area contributed by atoms with Crippen LogP contribution in [0.2, 0.25) is 0 Å². The number of piperidine rings is 1. The molecular formula is C18H25FN2O4. The van der Waals surface area contributed by atoms with Crippen LogP contribution in [0.4, 0.5) is 9.18 Å². The Balaban J connectivity index is 2.07. The third-order valence-corrected chi connectivity index (χ3v) is 4.10. The largest absolute Gasteiger partial charge is 0.494 e. The average molecular weight is 352 g/mol. The van der Waals surface area contributed by atoms with Gasteiger partial charge >= 0.3 is 6.09 Å². The molecule has 1 N–H and O–H groups in total. The molecular weight excluding hydrogens is 327 g/mol. The Hall–Kier alpha value is -2.31. The highest BCUT2D eigenvalue weighted by Crippen LogP contribution is 2.28. The van der Waals surface area contributed by atoms with Gasteiger partial charge in [0, 0.05) is 24.6 Å². The van der Waals surface area contributed by atoms with Crippen molar-refractivity contribution in [3.8, 4) is 5.75 Å². The molecule has 1 aliphatic heterocycles. The number of carbonyl (C=O) groups excluding carboxylic acids is 1. The van der Waals surface area contributed by atoms with E-state index in [0.29, 0.717) is 25.9 Å². The van der Waals surface area contributed by atoms with Crippen LogP contribution in [-0.2, 0) is 4.74 Å². The van der Waals surface area contributed by atoms with Gasteiger partial charge in [0.25, 0.3) is 0 Å². The van der Waals surface area contributed by atoms with Crippen LogP contribution >= 0.6 is 0 Å². The smallest absolute Gasteiger partial charge is 0.410 e. The van der Waals surface area contributed by atoms with E-state index in [1.165, 1.54) is 13.2 Å². The summed E-state index contributed by atoms with van der Waals surface area (Å²) in [6, 6.07) is 4.73. The summed E-state index contributed by atoms with van der Waals surface area (Å²) < 4.78 is 24.8. The Morgan fingerprint density at radius 1 is 1.32 bits per heavy atom. The van der Waals surface area contributed by atoms with E-state index >= 15 is 0 Å². The SMILES string of the molecule is COc1cccc(/C(=N/O)C2CCN(C(=O)OC(C)(C)C)CC2)c1F. The van der Waals surface area contributed by atoms with Crippen molar-refractivity contribution in [1.29, 1.82) is 0 Å². The van der Waals surface area contributed by atoms with Crippen LogP contribution in [0, 0.1) is 11.7 Å². The van der Waals surface area contributed by atoms with E-state index in [2.05, 4.69) is 5.16 Å². The summed E-state index contributed by atoms with van der Waals surface area (Å²) >= 11 is 0. The zero-order valence-electron chi connectivity index (χ0n) is 15.1. The van der Waals surface area contributed by atoms with Crippen molar-refractivity contribution < 1.29 is 23.9 Å². The molecule has 0 aromatic heterocycles. The highest BCUT2D eigenvalue weighted by atomic mass is 19.1. The number of methoxy groups -OCH3 is 1. The molecule has 0 spiro atoms. The molecule has 7 heteroatoms. The fourth-order valence-corrected chi connectivity index (χ4v) is 2.88. The Bertz CT molecular complexity index is 647. The van der Waals surface area contributed by atoms with Gasteiger partial charge < -0.3 is 19.6 Å². The molecule has 6 nitrogen and oxygen atoms in total. The average Bonchev–Trinajstić information content (AvgIpc) is 2.56. The quantitative estimate of drug-likeness (QED) is 0.512. The Labute approximate surface area is 147 Å². The predicted molar refractivity (Wildman–Crippen MR) is 91.8 cm³/mol. The lowest BCUT2D eigenvalue weighted by Crippen LogP contribution is -2.43. The number of carbonyl (C=O) groups is 1. The van der Waals surface area contributed by atoms with Gasteiger partial charge in [0.2, 0.25) is 0 Å². The Morgan fingerprint density at radius 2 is 1.96 bits per heavy atom. The monoisotopic (exact) mass is 352 g/mol. The van der Waals surface area contributed by atoms with Crippen LogP contribution in [0.1, 0.15) is 39.2 Å². The lowest BCUT2D eigenvalue weighted by Gasteiger charge is -2.33.